The zero-order chi connectivity index (χ0) is 14.9. The zero-order valence-corrected chi connectivity index (χ0v) is 11.8. The molecule has 1 aliphatic heterocycles. The van der Waals surface area contributed by atoms with Crippen molar-refractivity contribution in [3.05, 3.63) is 35.4 Å². The highest BCUT2D eigenvalue weighted by atomic mass is 19.4. The summed E-state index contributed by atoms with van der Waals surface area (Å²) in [6, 6.07) is 5.59. The maximum atomic E-state index is 12.8. The third-order valence-corrected chi connectivity index (χ3v) is 3.94. The Balaban J connectivity index is 2.36. The highest BCUT2D eigenvalue weighted by Crippen LogP contribution is 2.35. The monoisotopic (exact) mass is 286 g/mol. The van der Waals surface area contributed by atoms with Crippen LogP contribution >= 0.6 is 0 Å². The molecule has 0 bridgehead atoms. The molecular weight excluding hydrogens is 265 g/mol. The maximum absolute atomic E-state index is 12.8. The Morgan fingerprint density at radius 1 is 1.30 bits per heavy atom. The highest BCUT2D eigenvalue weighted by molar-refractivity contribution is 5.29. The summed E-state index contributed by atoms with van der Waals surface area (Å²) in [4.78, 5) is 2.20. The van der Waals surface area contributed by atoms with Gasteiger partial charge < -0.3 is 5.73 Å². The van der Waals surface area contributed by atoms with Gasteiger partial charge in [0.2, 0.25) is 0 Å². The smallest absolute Gasteiger partial charge is 0.326 e. The van der Waals surface area contributed by atoms with Gasteiger partial charge in [0.15, 0.2) is 0 Å². The summed E-state index contributed by atoms with van der Waals surface area (Å²) in [5.41, 5.74) is 6.24. The van der Waals surface area contributed by atoms with Gasteiger partial charge in [-0.2, -0.15) is 13.2 Å². The molecule has 112 valence electrons. The van der Waals surface area contributed by atoms with Crippen LogP contribution in [0.4, 0.5) is 13.2 Å². The average Bonchev–Trinajstić information content (AvgIpc) is 2.37. The van der Waals surface area contributed by atoms with Crippen LogP contribution in [0.1, 0.15) is 43.9 Å². The number of likely N-dealkylation sites (tertiary alicyclic amines) is 1. The molecule has 1 aliphatic rings. The van der Waals surface area contributed by atoms with E-state index in [1.165, 1.54) is 12.1 Å². The molecule has 0 amide bonds. The molecule has 0 spiro atoms. The Bertz CT molecular complexity index is 457. The SMILES string of the molecule is CC(C)N1CCCC(N)C1c1cccc(C(F)(F)F)c1. The van der Waals surface area contributed by atoms with Gasteiger partial charge in [0.05, 0.1) is 11.6 Å². The molecule has 2 N–H and O–H groups in total. The van der Waals surface area contributed by atoms with Gasteiger partial charge in [-0.3, -0.25) is 4.90 Å². The molecule has 0 aromatic heterocycles. The van der Waals surface area contributed by atoms with Crippen molar-refractivity contribution in [1.82, 2.24) is 4.90 Å². The van der Waals surface area contributed by atoms with Crippen molar-refractivity contribution in [1.29, 1.82) is 0 Å². The van der Waals surface area contributed by atoms with Crippen molar-refractivity contribution in [3.63, 3.8) is 0 Å². The number of hydrogen-bond donors (Lipinski definition) is 1. The van der Waals surface area contributed by atoms with Gasteiger partial charge in [-0.15, -0.1) is 0 Å². The van der Waals surface area contributed by atoms with Gasteiger partial charge in [-0.1, -0.05) is 12.1 Å². The van der Waals surface area contributed by atoms with E-state index in [1.807, 2.05) is 0 Å². The Morgan fingerprint density at radius 3 is 2.60 bits per heavy atom. The van der Waals surface area contributed by atoms with Crippen LogP contribution < -0.4 is 5.73 Å². The van der Waals surface area contributed by atoms with Crippen LogP contribution in [0.3, 0.4) is 0 Å². The molecule has 20 heavy (non-hydrogen) atoms. The van der Waals surface area contributed by atoms with E-state index in [0.717, 1.165) is 25.5 Å². The van der Waals surface area contributed by atoms with Crippen molar-refractivity contribution >= 4 is 0 Å². The van der Waals surface area contributed by atoms with Gasteiger partial charge in [-0.25, -0.2) is 0 Å². The minimum Gasteiger partial charge on any atom is -0.326 e. The van der Waals surface area contributed by atoms with E-state index in [-0.39, 0.29) is 18.1 Å². The molecule has 0 saturated carbocycles. The predicted octanol–water partition coefficient (Wildman–Crippen LogP) is 3.58. The minimum absolute atomic E-state index is 0.116. The lowest BCUT2D eigenvalue weighted by atomic mass is 9.89. The number of alkyl halides is 3. The quantitative estimate of drug-likeness (QED) is 0.900. The topological polar surface area (TPSA) is 29.3 Å². The molecule has 2 rings (SSSR count). The lowest BCUT2D eigenvalue weighted by molar-refractivity contribution is -0.137. The second-order valence-corrected chi connectivity index (χ2v) is 5.71. The lowest BCUT2D eigenvalue weighted by Gasteiger charge is -2.42. The van der Waals surface area contributed by atoms with Crippen molar-refractivity contribution < 1.29 is 13.2 Å². The fourth-order valence-electron chi connectivity index (χ4n) is 2.97. The van der Waals surface area contributed by atoms with Crippen LogP contribution in [0, 0.1) is 0 Å². The molecule has 1 aromatic rings. The normalized spacial score (nSPS) is 25.1. The van der Waals surface area contributed by atoms with E-state index < -0.39 is 11.7 Å². The van der Waals surface area contributed by atoms with E-state index in [1.54, 1.807) is 6.07 Å². The van der Waals surface area contributed by atoms with Crippen molar-refractivity contribution in [2.75, 3.05) is 6.54 Å². The Hall–Kier alpha value is -1.07. The molecule has 2 nitrogen and oxygen atoms in total. The Kier molecular flexibility index (Phi) is 4.39. The average molecular weight is 286 g/mol. The largest absolute Gasteiger partial charge is 0.416 e. The Labute approximate surface area is 117 Å². The standard InChI is InChI=1S/C15H21F3N2/c1-10(2)20-8-4-7-13(19)14(20)11-5-3-6-12(9-11)15(16,17)18/h3,5-6,9-10,13-14H,4,7-8,19H2,1-2H3. The van der Waals surface area contributed by atoms with Crippen LogP contribution in [0.5, 0.6) is 0 Å². The molecule has 2 unspecified atom stereocenters. The first kappa shape index (κ1) is 15.3. The predicted molar refractivity (Wildman–Crippen MR) is 73.2 cm³/mol. The fraction of sp³-hybridized carbons (Fsp3) is 0.600. The van der Waals surface area contributed by atoms with Gasteiger partial charge in [-0.05, 0) is 50.9 Å². The number of rotatable bonds is 2. The summed E-state index contributed by atoms with van der Waals surface area (Å²) < 4.78 is 38.5. The van der Waals surface area contributed by atoms with Gasteiger partial charge in [0.1, 0.15) is 0 Å². The molecule has 1 fully saturated rings. The summed E-state index contributed by atoms with van der Waals surface area (Å²) in [6.07, 6.45) is -2.46. The lowest BCUT2D eigenvalue weighted by Crippen LogP contribution is -2.48. The van der Waals surface area contributed by atoms with Crippen molar-refractivity contribution in [3.8, 4) is 0 Å². The summed E-state index contributed by atoms with van der Waals surface area (Å²) in [5, 5.41) is 0. The third-order valence-electron chi connectivity index (χ3n) is 3.94. The fourth-order valence-corrected chi connectivity index (χ4v) is 2.97. The first-order chi connectivity index (χ1) is 9.30. The van der Waals surface area contributed by atoms with Crippen LogP contribution in [-0.2, 0) is 6.18 Å². The number of benzene rings is 1. The van der Waals surface area contributed by atoms with E-state index in [2.05, 4.69) is 18.7 Å². The molecule has 0 radical (unpaired) electrons. The van der Waals surface area contributed by atoms with Crippen LogP contribution in [0.2, 0.25) is 0 Å². The molecular formula is C15H21F3N2. The molecule has 1 heterocycles. The number of nitrogens with zero attached hydrogens (tertiary/aromatic N) is 1. The van der Waals surface area contributed by atoms with Crippen LogP contribution in [0.25, 0.3) is 0 Å². The first-order valence-electron chi connectivity index (χ1n) is 6.99. The molecule has 1 saturated heterocycles. The molecule has 0 aliphatic carbocycles. The van der Waals surface area contributed by atoms with E-state index in [0.29, 0.717) is 5.56 Å². The maximum Gasteiger partial charge on any atom is 0.416 e. The molecule has 5 heteroatoms. The van der Waals surface area contributed by atoms with Gasteiger partial charge >= 0.3 is 6.18 Å². The van der Waals surface area contributed by atoms with E-state index in [4.69, 9.17) is 5.73 Å². The third kappa shape index (κ3) is 3.15. The summed E-state index contributed by atoms with van der Waals surface area (Å²) >= 11 is 0. The summed E-state index contributed by atoms with van der Waals surface area (Å²) in [7, 11) is 0. The number of nitrogens with two attached hydrogens (primary N) is 1. The minimum atomic E-state index is -4.31. The van der Waals surface area contributed by atoms with Crippen LogP contribution in [0.15, 0.2) is 24.3 Å². The summed E-state index contributed by atoms with van der Waals surface area (Å²) in [6.45, 7) is 4.99. The molecule has 1 aromatic carbocycles. The van der Waals surface area contributed by atoms with Crippen LogP contribution in [-0.4, -0.2) is 23.5 Å². The summed E-state index contributed by atoms with van der Waals surface area (Å²) in [5.74, 6) is 0. The van der Waals surface area contributed by atoms with Crippen molar-refractivity contribution in [2.45, 2.75) is 51.0 Å². The second kappa shape index (κ2) is 5.74. The highest BCUT2D eigenvalue weighted by Gasteiger charge is 2.35. The van der Waals surface area contributed by atoms with E-state index >= 15 is 0 Å². The first-order valence-corrected chi connectivity index (χ1v) is 6.99. The number of piperidine rings is 1. The zero-order valence-electron chi connectivity index (χ0n) is 11.8. The van der Waals surface area contributed by atoms with E-state index in [9.17, 15) is 13.2 Å². The second-order valence-electron chi connectivity index (χ2n) is 5.71. The van der Waals surface area contributed by atoms with Gasteiger partial charge in [0, 0.05) is 12.1 Å². The van der Waals surface area contributed by atoms with Crippen molar-refractivity contribution in [2.24, 2.45) is 5.73 Å². The molecule has 2 atom stereocenters. The Morgan fingerprint density at radius 2 is 2.00 bits per heavy atom. The number of halogens is 3. The number of hydrogen-bond acceptors (Lipinski definition) is 2. The van der Waals surface area contributed by atoms with Gasteiger partial charge in [0.25, 0.3) is 0 Å².